The first kappa shape index (κ1) is 17.7. The van der Waals surface area contributed by atoms with Gasteiger partial charge in [0.25, 0.3) is 0 Å². The molecule has 0 N–H and O–H groups in total. The summed E-state index contributed by atoms with van der Waals surface area (Å²) < 4.78 is 10.6. The Bertz CT molecular complexity index is 758. The first-order valence-corrected chi connectivity index (χ1v) is 7.78. The maximum atomic E-state index is 12.5. The van der Waals surface area contributed by atoms with Crippen molar-refractivity contribution in [2.75, 3.05) is 6.61 Å². The first-order chi connectivity index (χ1) is 11.4. The topological polar surface area (TPSA) is 92.4 Å². The Morgan fingerprint density at radius 2 is 1.96 bits per heavy atom. The van der Waals surface area contributed by atoms with Gasteiger partial charge in [0.05, 0.1) is 6.61 Å². The number of aromatic nitrogens is 2. The average molecular weight is 332 g/mol. The van der Waals surface area contributed by atoms with E-state index in [1.165, 1.54) is 0 Å². The molecule has 7 heteroatoms. The summed E-state index contributed by atoms with van der Waals surface area (Å²) in [6, 6.07) is 6.62. The van der Waals surface area contributed by atoms with Crippen molar-refractivity contribution in [3.05, 3.63) is 40.9 Å². The van der Waals surface area contributed by atoms with E-state index in [2.05, 4.69) is 4.98 Å². The van der Waals surface area contributed by atoms with Gasteiger partial charge in [-0.2, -0.15) is 4.73 Å². The monoisotopic (exact) mass is 332 g/mol. The molecule has 1 aromatic carbocycles. The molecular formula is C17H20N2O5. The lowest BCUT2D eigenvalue weighted by Crippen LogP contribution is -2.39. The van der Waals surface area contributed by atoms with Gasteiger partial charge in [0.15, 0.2) is 5.69 Å². The molecule has 0 bridgehead atoms. The minimum Gasteiger partial charge on any atom is -0.618 e. The third-order valence-corrected chi connectivity index (χ3v) is 3.25. The number of nitrogens with zero attached hydrogens (tertiary/aromatic N) is 2. The van der Waals surface area contributed by atoms with Crippen LogP contribution in [0, 0.1) is 11.1 Å². The van der Waals surface area contributed by atoms with Gasteiger partial charge >= 0.3 is 17.6 Å². The predicted molar refractivity (Wildman–Crippen MR) is 85.9 cm³/mol. The molecule has 0 aliphatic heterocycles. The molecular weight excluding hydrogens is 312 g/mol. The summed E-state index contributed by atoms with van der Waals surface area (Å²) in [5.74, 6) is -1.05. The standard InChI is InChI=1S/C17H20N2O5/c1-4-23-17(21)16-13(10-24-15(20)9-11(2)3)18-12-7-5-6-8-14(12)19(16)22/h5-8,11H,4,9-10H2,1-3H3. The molecule has 2 aromatic rings. The maximum absolute atomic E-state index is 12.5. The molecule has 0 atom stereocenters. The zero-order chi connectivity index (χ0) is 17.7. The summed E-state index contributed by atoms with van der Waals surface area (Å²) in [4.78, 5) is 28.2. The smallest absolute Gasteiger partial charge is 0.407 e. The van der Waals surface area contributed by atoms with E-state index in [1.54, 1.807) is 31.2 Å². The van der Waals surface area contributed by atoms with Gasteiger partial charge in [0.2, 0.25) is 5.52 Å². The van der Waals surface area contributed by atoms with Crippen molar-refractivity contribution >= 4 is 23.0 Å². The summed E-state index contributed by atoms with van der Waals surface area (Å²) >= 11 is 0. The minimum atomic E-state index is -0.791. The highest BCUT2D eigenvalue weighted by Gasteiger charge is 2.28. The number of benzene rings is 1. The lowest BCUT2D eigenvalue weighted by atomic mass is 10.1. The van der Waals surface area contributed by atoms with E-state index in [-0.39, 0.29) is 42.5 Å². The summed E-state index contributed by atoms with van der Waals surface area (Å²) in [7, 11) is 0. The zero-order valence-electron chi connectivity index (χ0n) is 13.9. The first-order valence-electron chi connectivity index (χ1n) is 7.78. The van der Waals surface area contributed by atoms with Crippen LogP contribution in [0.2, 0.25) is 0 Å². The lowest BCUT2D eigenvalue weighted by molar-refractivity contribution is -0.581. The number of hydrogen-bond acceptors (Lipinski definition) is 6. The number of carbonyl (C=O) groups is 2. The molecule has 0 radical (unpaired) electrons. The van der Waals surface area contributed by atoms with Crippen LogP contribution in [0.15, 0.2) is 24.3 Å². The molecule has 1 aromatic heterocycles. The largest absolute Gasteiger partial charge is 0.618 e. The zero-order valence-corrected chi connectivity index (χ0v) is 13.9. The fourth-order valence-electron chi connectivity index (χ4n) is 2.21. The number of hydrogen-bond donors (Lipinski definition) is 0. The highest BCUT2D eigenvalue weighted by atomic mass is 16.5. The molecule has 0 fully saturated rings. The van der Waals surface area contributed by atoms with Gasteiger partial charge in [-0.15, -0.1) is 0 Å². The third-order valence-electron chi connectivity index (χ3n) is 3.25. The van der Waals surface area contributed by atoms with Crippen molar-refractivity contribution in [1.29, 1.82) is 0 Å². The van der Waals surface area contributed by atoms with Gasteiger partial charge < -0.3 is 14.7 Å². The fourth-order valence-corrected chi connectivity index (χ4v) is 2.21. The molecule has 128 valence electrons. The molecule has 0 unspecified atom stereocenters. The van der Waals surface area contributed by atoms with Gasteiger partial charge in [-0.05, 0) is 18.9 Å². The highest BCUT2D eigenvalue weighted by Crippen LogP contribution is 2.14. The van der Waals surface area contributed by atoms with Crippen LogP contribution >= 0.6 is 0 Å². The van der Waals surface area contributed by atoms with Gasteiger partial charge in [-0.3, -0.25) is 4.79 Å². The predicted octanol–water partition coefficient (Wildman–Crippen LogP) is 2.13. The SMILES string of the molecule is CCOC(=O)c1c(COC(=O)CC(C)C)nc2ccccc2[n+]1[O-]. The van der Waals surface area contributed by atoms with Crippen molar-refractivity contribution in [2.24, 2.45) is 5.92 Å². The van der Waals surface area contributed by atoms with E-state index < -0.39 is 11.9 Å². The van der Waals surface area contributed by atoms with Crippen LogP contribution in [0.3, 0.4) is 0 Å². The molecule has 0 aliphatic carbocycles. The van der Waals surface area contributed by atoms with Crippen LogP contribution in [0.5, 0.6) is 0 Å². The second kappa shape index (κ2) is 7.72. The van der Waals surface area contributed by atoms with Crippen molar-refractivity contribution in [1.82, 2.24) is 4.98 Å². The Balaban J connectivity index is 2.40. The second-order valence-electron chi connectivity index (χ2n) is 5.67. The Morgan fingerprint density at radius 3 is 2.62 bits per heavy atom. The Labute approximate surface area is 139 Å². The van der Waals surface area contributed by atoms with Crippen LogP contribution < -0.4 is 4.73 Å². The number of fused-ring (bicyclic) bond motifs is 1. The van der Waals surface area contributed by atoms with Gasteiger partial charge in [0.1, 0.15) is 12.1 Å². The minimum absolute atomic E-state index is 0.0826. The van der Waals surface area contributed by atoms with Gasteiger partial charge in [0, 0.05) is 12.5 Å². The maximum Gasteiger partial charge on any atom is 0.407 e. The molecule has 0 spiro atoms. The normalized spacial score (nSPS) is 10.8. The molecule has 1 heterocycles. The van der Waals surface area contributed by atoms with E-state index in [0.717, 1.165) is 0 Å². The third kappa shape index (κ3) is 3.98. The number of rotatable bonds is 6. The molecule has 0 saturated carbocycles. The lowest BCUT2D eigenvalue weighted by Gasteiger charge is -2.11. The van der Waals surface area contributed by atoms with Crippen molar-refractivity contribution < 1.29 is 23.8 Å². The fraction of sp³-hybridized carbons (Fsp3) is 0.412. The van der Waals surface area contributed by atoms with E-state index in [9.17, 15) is 14.8 Å². The molecule has 24 heavy (non-hydrogen) atoms. The van der Waals surface area contributed by atoms with E-state index >= 15 is 0 Å². The number of esters is 2. The Hall–Kier alpha value is -2.70. The van der Waals surface area contributed by atoms with Gasteiger partial charge in [-0.1, -0.05) is 26.0 Å². The quantitative estimate of drug-likeness (QED) is 0.457. The number of para-hydroxylation sites is 2. The molecule has 0 saturated heterocycles. The van der Waals surface area contributed by atoms with Crippen molar-refractivity contribution in [2.45, 2.75) is 33.8 Å². The van der Waals surface area contributed by atoms with E-state index in [0.29, 0.717) is 10.2 Å². The summed E-state index contributed by atoms with van der Waals surface area (Å²) in [5.41, 5.74) is 0.487. The van der Waals surface area contributed by atoms with Crippen molar-refractivity contribution in [3.8, 4) is 0 Å². The van der Waals surface area contributed by atoms with Crippen LogP contribution in [-0.2, 0) is 20.9 Å². The highest BCUT2D eigenvalue weighted by molar-refractivity contribution is 5.88. The van der Waals surface area contributed by atoms with E-state index in [4.69, 9.17) is 9.47 Å². The van der Waals surface area contributed by atoms with Crippen LogP contribution in [0.4, 0.5) is 0 Å². The summed E-state index contributed by atoms with van der Waals surface area (Å²) in [6.07, 6.45) is 0.250. The van der Waals surface area contributed by atoms with Crippen LogP contribution in [0.25, 0.3) is 11.0 Å². The van der Waals surface area contributed by atoms with Crippen LogP contribution in [0.1, 0.15) is 43.4 Å². The summed E-state index contributed by atoms with van der Waals surface area (Å²) in [5, 5.41) is 12.5. The average Bonchev–Trinajstić information content (AvgIpc) is 2.52. The van der Waals surface area contributed by atoms with Gasteiger partial charge in [-0.25, -0.2) is 9.78 Å². The molecule has 2 rings (SSSR count). The second-order valence-corrected chi connectivity index (χ2v) is 5.67. The number of carbonyl (C=O) groups excluding carboxylic acids is 2. The number of ether oxygens (including phenoxy) is 2. The molecule has 0 amide bonds. The Morgan fingerprint density at radius 1 is 1.25 bits per heavy atom. The van der Waals surface area contributed by atoms with E-state index in [1.807, 2.05) is 13.8 Å². The summed E-state index contributed by atoms with van der Waals surface area (Å²) in [6.45, 7) is 5.30. The molecule has 7 nitrogen and oxygen atoms in total. The van der Waals surface area contributed by atoms with Crippen molar-refractivity contribution in [3.63, 3.8) is 0 Å². The molecule has 0 aliphatic rings. The Kier molecular flexibility index (Phi) is 5.68. The van der Waals surface area contributed by atoms with Crippen LogP contribution in [-0.4, -0.2) is 23.5 Å².